The lowest BCUT2D eigenvalue weighted by molar-refractivity contribution is -0.109. The van der Waals surface area contributed by atoms with E-state index in [1.165, 1.54) is 0 Å². The summed E-state index contributed by atoms with van der Waals surface area (Å²) in [6.45, 7) is 4.31. The quantitative estimate of drug-likeness (QED) is 0.187. The summed E-state index contributed by atoms with van der Waals surface area (Å²) in [5.41, 5.74) is 10.8. The first kappa shape index (κ1) is 26.1. The normalized spacial score (nSPS) is 9.88. The molecule has 178 valence electrons. The van der Waals surface area contributed by atoms with Crippen LogP contribution in [-0.2, 0) is 11.3 Å². The van der Waals surface area contributed by atoms with E-state index in [0.717, 1.165) is 23.8 Å². The Hall–Kier alpha value is -4.17. The van der Waals surface area contributed by atoms with Gasteiger partial charge in [0, 0.05) is 36.2 Å². The van der Waals surface area contributed by atoms with Crippen LogP contribution in [0.3, 0.4) is 0 Å². The molecule has 0 aliphatic carbocycles. The Labute approximate surface area is 199 Å². The molecule has 0 atom stereocenters. The van der Waals surface area contributed by atoms with E-state index in [0.29, 0.717) is 41.1 Å². The summed E-state index contributed by atoms with van der Waals surface area (Å²) in [5, 5.41) is 20.7. The van der Waals surface area contributed by atoms with Crippen molar-refractivity contribution in [1.82, 2.24) is 0 Å². The predicted octanol–water partition coefficient (Wildman–Crippen LogP) is 3.64. The van der Waals surface area contributed by atoms with Gasteiger partial charge in [-0.25, -0.2) is 0 Å². The summed E-state index contributed by atoms with van der Waals surface area (Å²) in [7, 11) is 1.00. The first-order valence-corrected chi connectivity index (χ1v) is 10.6. The van der Waals surface area contributed by atoms with E-state index in [-0.39, 0.29) is 18.3 Å². The lowest BCUT2D eigenvalue weighted by Crippen LogP contribution is -2.16. The van der Waals surface area contributed by atoms with Crippen molar-refractivity contribution in [2.45, 2.75) is 20.4 Å². The molecule has 3 aromatic rings. The van der Waals surface area contributed by atoms with Crippen molar-refractivity contribution in [2.75, 3.05) is 24.4 Å². The lowest BCUT2D eigenvalue weighted by atomic mass is 10.1. The second-order valence-electron chi connectivity index (χ2n) is 7.44. The summed E-state index contributed by atoms with van der Waals surface area (Å²) in [6.07, 6.45) is 0.711. The van der Waals surface area contributed by atoms with Crippen LogP contribution in [-0.4, -0.2) is 36.9 Å². The van der Waals surface area contributed by atoms with Gasteiger partial charge in [-0.1, -0.05) is 29.3 Å². The van der Waals surface area contributed by atoms with Gasteiger partial charge in [0.1, 0.15) is 18.2 Å². The van der Waals surface area contributed by atoms with E-state index < -0.39 is 0 Å². The van der Waals surface area contributed by atoms with Crippen LogP contribution in [0.4, 0.5) is 11.4 Å². The Morgan fingerprint density at radius 2 is 1.68 bits per heavy atom. The number of aldehydes is 1. The van der Waals surface area contributed by atoms with Crippen molar-refractivity contribution in [3.8, 4) is 5.75 Å². The minimum absolute atomic E-state index is 0.0172. The molecule has 34 heavy (non-hydrogen) atoms. The van der Waals surface area contributed by atoms with Gasteiger partial charge in [-0.05, 0) is 56.3 Å². The molecule has 0 fully saturated rings. The fourth-order valence-corrected chi connectivity index (χ4v) is 3.23. The van der Waals surface area contributed by atoms with Gasteiger partial charge in [-0.3, -0.25) is 15.0 Å². The number of nitrogens with one attached hydrogen (secondary N) is 3. The molecule has 3 aromatic carbocycles. The number of carbonyl (C=O) groups is 2. The first-order chi connectivity index (χ1) is 16.4. The summed E-state index contributed by atoms with van der Waals surface area (Å²) >= 11 is 0. The zero-order valence-corrected chi connectivity index (χ0v) is 19.5. The maximum Gasteiger partial charge on any atom is 0.257 e. The van der Waals surface area contributed by atoms with E-state index in [1.54, 1.807) is 24.3 Å². The van der Waals surface area contributed by atoms with Gasteiger partial charge < -0.3 is 26.2 Å². The number of hydrogen-bond acceptors (Lipinski definition) is 6. The van der Waals surface area contributed by atoms with Gasteiger partial charge in [0.2, 0.25) is 0 Å². The highest BCUT2D eigenvalue weighted by molar-refractivity contribution is 6.08. The number of benzene rings is 3. The number of amides is 1. The van der Waals surface area contributed by atoms with Crippen molar-refractivity contribution in [2.24, 2.45) is 5.73 Å². The Kier molecular flexibility index (Phi) is 9.79. The molecule has 0 aromatic heterocycles. The largest absolute Gasteiger partial charge is 0.486 e. The second-order valence-corrected chi connectivity index (χ2v) is 7.44. The summed E-state index contributed by atoms with van der Waals surface area (Å²) in [5.74, 6) is 0.341. The number of nitrogens with two attached hydrogens (primary N) is 1. The number of hydrogen-bond donors (Lipinski definition) is 5. The van der Waals surface area contributed by atoms with E-state index >= 15 is 0 Å². The standard InChI is InChI=1S/C25H26N4O3.CH4O/c1-16-4-10-23(32-12-11-30)19(13-16)15-28-22-9-3-17(2)14-21(22)25(31)29-20-7-5-18(6-8-20)24(26)27;1-2/h3-11,13-14,28H,12,15H2,1-2H3,(H3,26,27)(H,29,31);2H,1H3. The number of ether oxygens (including phenoxy) is 1. The molecule has 0 spiro atoms. The summed E-state index contributed by atoms with van der Waals surface area (Å²) < 4.78 is 5.52. The maximum atomic E-state index is 13.0. The molecule has 0 saturated carbocycles. The zero-order valence-electron chi connectivity index (χ0n) is 19.5. The van der Waals surface area contributed by atoms with Gasteiger partial charge in [-0.15, -0.1) is 0 Å². The number of rotatable bonds is 9. The molecule has 0 unspecified atom stereocenters. The molecular formula is C26H30N4O4. The van der Waals surface area contributed by atoms with Crippen LogP contribution in [0.25, 0.3) is 0 Å². The minimum atomic E-state index is -0.256. The van der Waals surface area contributed by atoms with Crippen LogP contribution in [0.1, 0.15) is 32.6 Å². The Bertz CT molecular complexity index is 1140. The number of aliphatic hydroxyl groups excluding tert-OH is 1. The molecule has 0 bridgehead atoms. The molecule has 6 N–H and O–H groups in total. The van der Waals surface area contributed by atoms with Gasteiger partial charge in [0.15, 0.2) is 6.29 Å². The molecule has 0 aliphatic rings. The molecule has 1 amide bonds. The lowest BCUT2D eigenvalue weighted by Gasteiger charge is -2.16. The highest BCUT2D eigenvalue weighted by Crippen LogP contribution is 2.24. The third-order valence-electron chi connectivity index (χ3n) is 4.87. The SMILES string of the molecule is CO.Cc1ccc(OCC=O)c(CNc2ccc(C)cc2C(=O)Nc2ccc(C(=N)N)cc2)c1. The Morgan fingerprint density at radius 1 is 1.03 bits per heavy atom. The maximum absolute atomic E-state index is 13.0. The highest BCUT2D eigenvalue weighted by atomic mass is 16.5. The molecule has 0 saturated heterocycles. The highest BCUT2D eigenvalue weighted by Gasteiger charge is 2.13. The average molecular weight is 463 g/mol. The van der Waals surface area contributed by atoms with Gasteiger partial charge in [0.25, 0.3) is 5.91 Å². The van der Waals surface area contributed by atoms with Crippen LogP contribution in [0.2, 0.25) is 0 Å². The molecule has 0 aliphatic heterocycles. The van der Waals surface area contributed by atoms with Crippen molar-refractivity contribution in [3.63, 3.8) is 0 Å². The van der Waals surface area contributed by atoms with Crippen LogP contribution >= 0.6 is 0 Å². The Morgan fingerprint density at radius 3 is 2.32 bits per heavy atom. The fourth-order valence-electron chi connectivity index (χ4n) is 3.23. The van der Waals surface area contributed by atoms with Gasteiger partial charge >= 0.3 is 0 Å². The van der Waals surface area contributed by atoms with E-state index in [1.807, 2.05) is 50.2 Å². The number of anilines is 2. The van der Waals surface area contributed by atoms with Crippen LogP contribution in [0.5, 0.6) is 5.75 Å². The van der Waals surface area contributed by atoms with Gasteiger partial charge in [-0.2, -0.15) is 0 Å². The second kappa shape index (κ2) is 12.8. The van der Waals surface area contributed by atoms with E-state index in [2.05, 4.69) is 10.6 Å². The van der Waals surface area contributed by atoms with Crippen LogP contribution < -0.4 is 21.1 Å². The summed E-state index contributed by atoms with van der Waals surface area (Å²) in [4.78, 5) is 23.7. The fraction of sp³-hybridized carbons (Fsp3) is 0.192. The first-order valence-electron chi connectivity index (χ1n) is 10.6. The third-order valence-corrected chi connectivity index (χ3v) is 4.87. The third kappa shape index (κ3) is 7.18. The van der Waals surface area contributed by atoms with Crippen molar-refractivity contribution >= 4 is 29.4 Å². The van der Waals surface area contributed by atoms with Crippen molar-refractivity contribution < 1.29 is 19.4 Å². The van der Waals surface area contributed by atoms with Crippen LogP contribution in [0.15, 0.2) is 60.7 Å². The number of amidine groups is 1. The molecule has 0 radical (unpaired) electrons. The molecular weight excluding hydrogens is 432 g/mol. The zero-order chi connectivity index (χ0) is 25.1. The van der Waals surface area contributed by atoms with E-state index in [4.69, 9.17) is 21.0 Å². The summed E-state index contributed by atoms with van der Waals surface area (Å²) in [6, 6.07) is 18.2. The van der Waals surface area contributed by atoms with Crippen molar-refractivity contribution in [1.29, 1.82) is 5.41 Å². The number of aryl methyl sites for hydroxylation is 2. The molecule has 0 heterocycles. The Balaban J connectivity index is 0.00000199. The van der Waals surface area contributed by atoms with Gasteiger partial charge in [0.05, 0.1) is 5.56 Å². The molecule has 8 heteroatoms. The number of aliphatic hydroxyl groups is 1. The van der Waals surface area contributed by atoms with Crippen LogP contribution in [0, 0.1) is 19.3 Å². The number of carbonyl (C=O) groups excluding carboxylic acids is 2. The van der Waals surface area contributed by atoms with Crippen molar-refractivity contribution in [3.05, 3.63) is 88.5 Å². The molecule has 3 rings (SSSR count). The average Bonchev–Trinajstić information content (AvgIpc) is 2.84. The van der Waals surface area contributed by atoms with E-state index in [9.17, 15) is 9.59 Å². The number of nitrogen functional groups attached to an aromatic ring is 1. The monoisotopic (exact) mass is 462 g/mol. The smallest absolute Gasteiger partial charge is 0.257 e. The molecule has 8 nitrogen and oxygen atoms in total. The minimum Gasteiger partial charge on any atom is -0.486 e. The predicted molar refractivity (Wildman–Crippen MR) is 135 cm³/mol. The topological polar surface area (TPSA) is 138 Å².